The van der Waals surface area contributed by atoms with E-state index in [0.717, 1.165) is 31.6 Å². The minimum absolute atomic E-state index is 0.00929. The third kappa shape index (κ3) is 13.4. The Morgan fingerprint density at radius 2 is 1.71 bits per heavy atom. The lowest BCUT2D eigenvalue weighted by atomic mass is 10.0. The number of carbonyl (C=O) groups is 1. The second-order valence-corrected chi connectivity index (χ2v) is 5.27. The molecule has 0 aliphatic carbocycles. The molecular weight excluding hydrogens is 212 g/mol. The molecule has 0 radical (unpaired) electrons. The average molecular weight is 242 g/mol. The van der Waals surface area contributed by atoms with Crippen LogP contribution < -0.4 is 0 Å². The van der Waals surface area contributed by atoms with E-state index in [1.165, 1.54) is 25.7 Å². The first-order valence-electron chi connectivity index (χ1n) is 7.32. The number of rotatable bonds is 11. The van der Waals surface area contributed by atoms with Gasteiger partial charge in [0.05, 0.1) is 6.61 Å². The fraction of sp³-hybridized carbons (Fsp3) is 0.933. The molecule has 102 valence electrons. The zero-order chi connectivity index (χ0) is 12.9. The van der Waals surface area contributed by atoms with Crippen molar-refractivity contribution in [1.82, 2.24) is 0 Å². The van der Waals surface area contributed by atoms with Crippen LogP contribution in [0.15, 0.2) is 0 Å². The van der Waals surface area contributed by atoms with Crippen LogP contribution in [0.5, 0.6) is 0 Å². The summed E-state index contributed by atoms with van der Waals surface area (Å²) in [6, 6.07) is 0. The van der Waals surface area contributed by atoms with E-state index in [1.54, 1.807) is 0 Å². The van der Waals surface area contributed by atoms with E-state index in [4.69, 9.17) is 4.74 Å². The summed E-state index contributed by atoms with van der Waals surface area (Å²) in [6.07, 6.45) is 9.95. The summed E-state index contributed by atoms with van der Waals surface area (Å²) >= 11 is 0. The number of hydrogen-bond donors (Lipinski definition) is 0. The van der Waals surface area contributed by atoms with E-state index in [2.05, 4.69) is 20.8 Å². The molecule has 2 heteroatoms. The second-order valence-electron chi connectivity index (χ2n) is 5.27. The van der Waals surface area contributed by atoms with Crippen LogP contribution in [-0.2, 0) is 9.53 Å². The van der Waals surface area contributed by atoms with Gasteiger partial charge in [-0.3, -0.25) is 4.79 Å². The van der Waals surface area contributed by atoms with Crippen molar-refractivity contribution in [2.75, 3.05) is 6.61 Å². The van der Waals surface area contributed by atoms with Crippen molar-refractivity contribution in [2.45, 2.75) is 78.6 Å². The van der Waals surface area contributed by atoms with Crippen LogP contribution >= 0.6 is 0 Å². The van der Waals surface area contributed by atoms with Crippen LogP contribution in [0.1, 0.15) is 78.6 Å². The minimum Gasteiger partial charge on any atom is -0.466 e. The molecule has 0 aliphatic rings. The van der Waals surface area contributed by atoms with Gasteiger partial charge in [-0.25, -0.2) is 0 Å². The van der Waals surface area contributed by atoms with E-state index >= 15 is 0 Å². The fourth-order valence-corrected chi connectivity index (χ4v) is 1.79. The van der Waals surface area contributed by atoms with Crippen LogP contribution in [0, 0.1) is 5.92 Å². The first-order valence-corrected chi connectivity index (χ1v) is 7.32. The Kier molecular flexibility index (Phi) is 11.6. The molecule has 0 heterocycles. The lowest BCUT2D eigenvalue weighted by Gasteiger charge is -2.05. The molecule has 0 aromatic carbocycles. The van der Waals surface area contributed by atoms with Gasteiger partial charge >= 0.3 is 5.97 Å². The molecule has 0 aromatic rings. The smallest absolute Gasteiger partial charge is 0.305 e. The summed E-state index contributed by atoms with van der Waals surface area (Å²) in [4.78, 5) is 11.3. The Morgan fingerprint density at radius 3 is 2.35 bits per heavy atom. The lowest BCUT2D eigenvalue weighted by Crippen LogP contribution is -2.05. The maximum atomic E-state index is 11.3. The molecule has 2 nitrogen and oxygen atoms in total. The van der Waals surface area contributed by atoms with Gasteiger partial charge in [0, 0.05) is 6.42 Å². The zero-order valence-corrected chi connectivity index (χ0v) is 12.0. The van der Waals surface area contributed by atoms with E-state index in [0.29, 0.717) is 13.0 Å². The van der Waals surface area contributed by atoms with Gasteiger partial charge < -0.3 is 4.74 Å². The van der Waals surface area contributed by atoms with Gasteiger partial charge in [-0.15, -0.1) is 0 Å². The van der Waals surface area contributed by atoms with Crippen LogP contribution in [-0.4, -0.2) is 12.6 Å². The van der Waals surface area contributed by atoms with Crippen LogP contribution in [0.4, 0.5) is 0 Å². The molecule has 0 N–H and O–H groups in total. The Hall–Kier alpha value is -0.530. The van der Waals surface area contributed by atoms with Gasteiger partial charge in [0.15, 0.2) is 0 Å². The monoisotopic (exact) mass is 242 g/mol. The Balaban J connectivity index is 3.16. The average Bonchev–Trinajstić information content (AvgIpc) is 2.29. The Bertz CT molecular complexity index is 176. The number of esters is 1. The van der Waals surface area contributed by atoms with Gasteiger partial charge in [-0.05, 0) is 18.8 Å². The predicted octanol–water partition coefficient (Wildman–Crippen LogP) is 4.72. The third-order valence-electron chi connectivity index (χ3n) is 2.92. The highest BCUT2D eigenvalue weighted by atomic mass is 16.5. The molecule has 0 spiro atoms. The molecular formula is C15H30O2. The third-order valence-corrected chi connectivity index (χ3v) is 2.92. The first-order chi connectivity index (χ1) is 8.16. The highest BCUT2D eigenvalue weighted by molar-refractivity contribution is 5.69. The highest BCUT2D eigenvalue weighted by Gasteiger charge is 2.02. The number of carbonyl (C=O) groups excluding carboxylic acids is 1. The van der Waals surface area contributed by atoms with Crippen molar-refractivity contribution in [2.24, 2.45) is 5.92 Å². The predicted molar refractivity (Wildman–Crippen MR) is 73.0 cm³/mol. The van der Waals surface area contributed by atoms with Gasteiger partial charge in [0.2, 0.25) is 0 Å². The summed E-state index contributed by atoms with van der Waals surface area (Å²) in [7, 11) is 0. The van der Waals surface area contributed by atoms with Crippen molar-refractivity contribution < 1.29 is 9.53 Å². The van der Waals surface area contributed by atoms with Crippen molar-refractivity contribution in [1.29, 1.82) is 0 Å². The summed E-state index contributed by atoms with van der Waals surface area (Å²) in [5, 5.41) is 0. The molecule has 0 aromatic heterocycles. The first kappa shape index (κ1) is 16.5. The van der Waals surface area contributed by atoms with Crippen molar-refractivity contribution >= 4 is 5.97 Å². The number of unbranched alkanes of at least 4 members (excludes halogenated alkanes) is 5. The minimum atomic E-state index is -0.00929. The fourth-order valence-electron chi connectivity index (χ4n) is 1.79. The molecule has 0 unspecified atom stereocenters. The van der Waals surface area contributed by atoms with Crippen molar-refractivity contribution in [3.63, 3.8) is 0 Å². The van der Waals surface area contributed by atoms with Crippen LogP contribution in [0.3, 0.4) is 0 Å². The lowest BCUT2D eigenvalue weighted by molar-refractivity contribution is -0.143. The zero-order valence-electron chi connectivity index (χ0n) is 12.0. The molecule has 0 bridgehead atoms. The Morgan fingerprint density at radius 1 is 1.00 bits per heavy atom. The normalized spacial score (nSPS) is 10.8. The van der Waals surface area contributed by atoms with Gasteiger partial charge in [-0.1, -0.05) is 59.3 Å². The summed E-state index contributed by atoms with van der Waals surface area (Å²) < 4.78 is 5.15. The molecule has 0 fully saturated rings. The summed E-state index contributed by atoms with van der Waals surface area (Å²) in [5.74, 6) is 0.795. The maximum Gasteiger partial charge on any atom is 0.305 e. The summed E-state index contributed by atoms with van der Waals surface area (Å²) in [6.45, 7) is 7.28. The standard InChI is InChI=1S/C15H30O2/c1-4-5-10-13-17-15(16)12-9-7-6-8-11-14(2)3/h14H,4-13H2,1-3H3. The Labute approximate surface area is 107 Å². The molecule has 0 amide bonds. The quantitative estimate of drug-likeness (QED) is 0.387. The van der Waals surface area contributed by atoms with Crippen LogP contribution in [0.25, 0.3) is 0 Å². The van der Waals surface area contributed by atoms with Gasteiger partial charge in [0.1, 0.15) is 0 Å². The molecule has 0 atom stereocenters. The van der Waals surface area contributed by atoms with Gasteiger partial charge in [-0.2, -0.15) is 0 Å². The van der Waals surface area contributed by atoms with E-state index in [1.807, 2.05) is 0 Å². The summed E-state index contributed by atoms with van der Waals surface area (Å²) in [5.41, 5.74) is 0. The van der Waals surface area contributed by atoms with E-state index in [9.17, 15) is 4.79 Å². The number of ether oxygens (including phenoxy) is 1. The molecule has 0 aliphatic heterocycles. The van der Waals surface area contributed by atoms with E-state index < -0.39 is 0 Å². The molecule has 0 saturated carbocycles. The SMILES string of the molecule is CCCCCOC(=O)CCCCCCC(C)C. The second kappa shape index (κ2) is 11.9. The molecule has 17 heavy (non-hydrogen) atoms. The molecule has 0 rings (SSSR count). The van der Waals surface area contributed by atoms with Crippen LogP contribution in [0.2, 0.25) is 0 Å². The largest absolute Gasteiger partial charge is 0.466 e. The topological polar surface area (TPSA) is 26.3 Å². The van der Waals surface area contributed by atoms with E-state index in [-0.39, 0.29) is 5.97 Å². The van der Waals surface area contributed by atoms with Crippen molar-refractivity contribution in [3.05, 3.63) is 0 Å². The highest BCUT2D eigenvalue weighted by Crippen LogP contribution is 2.10. The number of hydrogen-bond acceptors (Lipinski definition) is 2. The maximum absolute atomic E-state index is 11.3. The molecule has 0 saturated heterocycles. The van der Waals surface area contributed by atoms with Gasteiger partial charge in [0.25, 0.3) is 0 Å². The van der Waals surface area contributed by atoms with Crippen molar-refractivity contribution in [3.8, 4) is 0 Å².